The monoisotopic (exact) mass is 252 g/mol. The fraction of sp³-hybridized carbons (Fsp3) is 0.615. The summed E-state index contributed by atoms with van der Waals surface area (Å²) >= 11 is 1.53. The summed E-state index contributed by atoms with van der Waals surface area (Å²) in [6.45, 7) is 8.32. The lowest BCUT2D eigenvalue weighted by Gasteiger charge is -2.37. The Morgan fingerprint density at radius 3 is 2.47 bits per heavy atom. The molecule has 17 heavy (non-hydrogen) atoms. The van der Waals surface area contributed by atoms with Gasteiger partial charge in [0.05, 0.1) is 15.6 Å². The van der Waals surface area contributed by atoms with Crippen LogP contribution in [0.2, 0.25) is 0 Å². The third-order valence-electron chi connectivity index (χ3n) is 3.50. The van der Waals surface area contributed by atoms with Crippen LogP contribution in [0, 0.1) is 5.41 Å². The number of nitrogens with two attached hydrogens (primary N) is 1. The Hall–Kier alpha value is -1.03. The fourth-order valence-corrected chi connectivity index (χ4v) is 3.18. The SMILES string of the molecule is CC(=O)c1sc(N2CCC(C)(C)CC2)cc1N. The lowest BCUT2D eigenvalue weighted by Crippen LogP contribution is -2.36. The van der Waals surface area contributed by atoms with E-state index in [0.717, 1.165) is 18.1 Å². The van der Waals surface area contributed by atoms with Gasteiger partial charge in [-0.15, -0.1) is 11.3 Å². The van der Waals surface area contributed by atoms with Gasteiger partial charge in [-0.2, -0.15) is 0 Å². The van der Waals surface area contributed by atoms with Gasteiger partial charge >= 0.3 is 0 Å². The van der Waals surface area contributed by atoms with Crippen LogP contribution in [0.1, 0.15) is 43.3 Å². The molecule has 0 amide bonds. The molecule has 2 heterocycles. The normalized spacial score (nSPS) is 19.4. The van der Waals surface area contributed by atoms with Crippen molar-refractivity contribution in [3.05, 3.63) is 10.9 Å². The third kappa shape index (κ3) is 2.63. The number of nitrogens with zero attached hydrogens (tertiary/aromatic N) is 1. The van der Waals surface area contributed by atoms with Gasteiger partial charge in [0.15, 0.2) is 5.78 Å². The number of Topliss-reactive ketones (excluding diaryl/α,β-unsaturated/α-hetero) is 1. The Bertz CT molecular complexity index is 427. The molecule has 3 nitrogen and oxygen atoms in total. The molecule has 1 aliphatic rings. The number of carbonyl (C=O) groups is 1. The van der Waals surface area contributed by atoms with Crippen LogP contribution in [0.4, 0.5) is 10.7 Å². The average molecular weight is 252 g/mol. The molecule has 0 saturated carbocycles. The zero-order chi connectivity index (χ0) is 12.6. The van der Waals surface area contributed by atoms with E-state index in [2.05, 4.69) is 18.7 Å². The van der Waals surface area contributed by atoms with Crippen LogP contribution in [0.5, 0.6) is 0 Å². The predicted octanol–water partition coefficient (Wildman–Crippen LogP) is 3.16. The fourth-order valence-electron chi connectivity index (χ4n) is 2.15. The minimum Gasteiger partial charge on any atom is -0.397 e. The summed E-state index contributed by atoms with van der Waals surface area (Å²) in [5.74, 6) is 0.0658. The summed E-state index contributed by atoms with van der Waals surface area (Å²) in [5.41, 5.74) is 6.94. The number of thiophene rings is 1. The second kappa shape index (κ2) is 4.33. The van der Waals surface area contributed by atoms with Gasteiger partial charge in [-0.1, -0.05) is 13.8 Å². The van der Waals surface area contributed by atoms with Gasteiger partial charge in [0, 0.05) is 20.0 Å². The number of hydrogen-bond donors (Lipinski definition) is 1. The Kier molecular flexibility index (Phi) is 3.17. The van der Waals surface area contributed by atoms with E-state index < -0.39 is 0 Å². The van der Waals surface area contributed by atoms with E-state index in [1.54, 1.807) is 6.92 Å². The van der Waals surface area contributed by atoms with Gasteiger partial charge in [-0.3, -0.25) is 4.79 Å². The summed E-state index contributed by atoms with van der Waals surface area (Å²) in [4.78, 5) is 14.4. The van der Waals surface area contributed by atoms with Crippen molar-refractivity contribution in [1.82, 2.24) is 0 Å². The number of ketones is 1. The first-order valence-corrected chi connectivity index (χ1v) is 6.86. The van der Waals surface area contributed by atoms with Crippen molar-refractivity contribution in [2.45, 2.75) is 33.6 Å². The Morgan fingerprint density at radius 2 is 2.00 bits per heavy atom. The molecule has 1 saturated heterocycles. The largest absolute Gasteiger partial charge is 0.397 e. The average Bonchev–Trinajstić information content (AvgIpc) is 2.60. The van der Waals surface area contributed by atoms with E-state index in [0.29, 0.717) is 16.0 Å². The highest BCUT2D eigenvalue weighted by molar-refractivity contribution is 7.18. The molecule has 2 rings (SSSR count). The summed E-state index contributed by atoms with van der Waals surface area (Å²) in [5, 5.41) is 1.14. The van der Waals surface area contributed by atoms with Gasteiger partial charge in [-0.25, -0.2) is 0 Å². The summed E-state index contributed by atoms with van der Waals surface area (Å²) in [6.07, 6.45) is 2.39. The van der Waals surface area contributed by atoms with Crippen molar-refractivity contribution in [3.63, 3.8) is 0 Å². The summed E-state index contributed by atoms with van der Waals surface area (Å²) < 4.78 is 0. The van der Waals surface area contributed by atoms with Crippen molar-refractivity contribution in [2.24, 2.45) is 5.41 Å². The molecule has 2 N–H and O–H groups in total. The van der Waals surface area contributed by atoms with Gasteiger partial charge in [0.2, 0.25) is 0 Å². The molecule has 0 radical (unpaired) electrons. The minimum atomic E-state index is 0.0658. The van der Waals surface area contributed by atoms with Crippen molar-refractivity contribution in [3.8, 4) is 0 Å². The maximum atomic E-state index is 11.4. The number of hydrogen-bond acceptors (Lipinski definition) is 4. The van der Waals surface area contributed by atoms with Crippen molar-refractivity contribution in [1.29, 1.82) is 0 Å². The topological polar surface area (TPSA) is 46.3 Å². The standard InChI is InChI=1S/C13H20N2OS/c1-9(16)12-10(14)8-11(17-12)15-6-4-13(2,3)5-7-15/h8H,4-7,14H2,1-3H3. The first-order valence-electron chi connectivity index (χ1n) is 6.04. The van der Waals surface area contributed by atoms with E-state index in [-0.39, 0.29) is 5.78 Å². The van der Waals surface area contributed by atoms with Crippen LogP contribution < -0.4 is 10.6 Å². The van der Waals surface area contributed by atoms with Crippen molar-refractivity contribution >= 4 is 27.8 Å². The predicted molar refractivity (Wildman–Crippen MR) is 74.0 cm³/mol. The molecular formula is C13H20N2OS. The molecule has 4 heteroatoms. The van der Waals surface area contributed by atoms with Gasteiger partial charge in [-0.05, 0) is 24.3 Å². The molecule has 0 aromatic carbocycles. The number of piperidine rings is 1. The van der Waals surface area contributed by atoms with Crippen LogP contribution in [0.25, 0.3) is 0 Å². The minimum absolute atomic E-state index is 0.0658. The maximum Gasteiger partial charge on any atom is 0.171 e. The van der Waals surface area contributed by atoms with E-state index in [4.69, 9.17) is 5.73 Å². The zero-order valence-corrected chi connectivity index (χ0v) is 11.6. The van der Waals surface area contributed by atoms with Crippen LogP contribution >= 0.6 is 11.3 Å². The van der Waals surface area contributed by atoms with E-state index in [1.807, 2.05) is 6.07 Å². The maximum absolute atomic E-state index is 11.4. The molecule has 1 aromatic rings. The van der Waals surface area contributed by atoms with E-state index in [1.165, 1.54) is 24.2 Å². The van der Waals surface area contributed by atoms with Crippen LogP contribution in [-0.2, 0) is 0 Å². The van der Waals surface area contributed by atoms with Crippen LogP contribution in [0.3, 0.4) is 0 Å². The number of nitrogen functional groups attached to an aromatic ring is 1. The molecule has 94 valence electrons. The number of rotatable bonds is 2. The highest BCUT2D eigenvalue weighted by Crippen LogP contribution is 2.37. The zero-order valence-electron chi connectivity index (χ0n) is 10.7. The Labute approximate surface area is 107 Å². The van der Waals surface area contributed by atoms with Gasteiger partial charge < -0.3 is 10.6 Å². The summed E-state index contributed by atoms with van der Waals surface area (Å²) in [6, 6.07) is 1.94. The Morgan fingerprint density at radius 1 is 1.41 bits per heavy atom. The van der Waals surface area contributed by atoms with Crippen molar-refractivity contribution in [2.75, 3.05) is 23.7 Å². The second-order valence-electron chi connectivity index (χ2n) is 5.58. The lowest BCUT2D eigenvalue weighted by molar-refractivity contribution is 0.102. The van der Waals surface area contributed by atoms with Crippen LogP contribution in [0.15, 0.2) is 6.07 Å². The van der Waals surface area contributed by atoms with Gasteiger partial charge in [0.25, 0.3) is 0 Å². The van der Waals surface area contributed by atoms with E-state index >= 15 is 0 Å². The molecular weight excluding hydrogens is 232 g/mol. The highest BCUT2D eigenvalue weighted by Gasteiger charge is 2.26. The molecule has 1 aromatic heterocycles. The molecule has 1 fully saturated rings. The molecule has 0 aliphatic carbocycles. The highest BCUT2D eigenvalue weighted by atomic mass is 32.1. The number of carbonyl (C=O) groups excluding carboxylic acids is 1. The molecule has 0 atom stereocenters. The quantitative estimate of drug-likeness (QED) is 0.822. The first kappa shape index (κ1) is 12.4. The molecule has 0 spiro atoms. The lowest BCUT2D eigenvalue weighted by atomic mass is 9.83. The molecule has 0 bridgehead atoms. The number of anilines is 2. The first-order chi connectivity index (χ1) is 7.89. The van der Waals surface area contributed by atoms with E-state index in [9.17, 15) is 4.79 Å². The van der Waals surface area contributed by atoms with Crippen LogP contribution in [-0.4, -0.2) is 18.9 Å². The van der Waals surface area contributed by atoms with Gasteiger partial charge in [0.1, 0.15) is 0 Å². The molecule has 1 aliphatic heterocycles. The van der Waals surface area contributed by atoms with Crippen molar-refractivity contribution < 1.29 is 4.79 Å². The third-order valence-corrected chi connectivity index (χ3v) is 4.81. The molecule has 0 unspecified atom stereocenters. The Balaban J connectivity index is 2.14. The smallest absolute Gasteiger partial charge is 0.171 e. The second-order valence-corrected chi connectivity index (χ2v) is 6.61. The summed E-state index contributed by atoms with van der Waals surface area (Å²) in [7, 11) is 0.